The van der Waals surface area contributed by atoms with E-state index in [-0.39, 0.29) is 0 Å². The van der Waals surface area contributed by atoms with Crippen LogP contribution in [0.3, 0.4) is 0 Å². The van der Waals surface area contributed by atoms with Gasteiger partial charge in [-0.3, -0.25) is 0 Å². The fourth-order valence-electron chi connectivity index (χ4n) is 1.93. The molecule has 0 bridgehead atoms. The molecule has 1 rings (SSSR count). The van der Waals surface area contributed by atoms with Gasteiger partial charge < -0.3 is 5.73 Å². The van der Waals surface area contributed by atoms with Crippen LogP contribution < -0.4 is 5.73 Å². The molecular formula is C11H23NS. The molecule has 0 aliphatic carbocycles. The average Bonchev–Trinajstić information content (AvgIpc) is 2.65. The highest BCUT2D eigenvalue weighted by atomic mass is 32.2. The van der Waals surface area contributed by atoms with Crippen molar-refractivity contribution in [1.82, 2.24) is 0 Å². The molecule has 1 aliphatic heterocycles. The van der Waals surface area contributed by atoms with Gasteiger partial charge in [0.05, 0.1) is 0 Å². The fraction of sp³-hybridized carbons (Fsp3) is 1.00. The summed E-state index contributed by atoms with van der Waals surface area (Å²) in [6.07, 6.45) is 8.05. The summed E-state index contributed by atoms with van der Waals surface area (Å²) in [5.74, 6) is 3.48. The van der Waals surface area contributed by atoms with Crippen LogP contribution in [0.4, 0.5) is 0 Å². The van der Waals surface area contributed by atoms with Crippen molar-refractivity contribution in [3.8, 4) is 0 Å². The Bertz CT molecular complexity index is 121. The number of thioether (sulfide) groups is 1. The van der Waals surface area contributed by atoms with E-state index in [1.54, 1.807) is 0 Å². The lowest BCUT2D eigenvalue weighted by atomic mass is 9.95. The van der Waals surface area contributed by atoms with E-state index in [2.05, 4.69) is 18.7 Å². The van der Waals surface area contributed by atoms with E-state index in [4.69, 9.17) is 5.73 Å². The summed E-state index contributed by atoms with van der Waals surface area (Å²) in [4.78, 5) is 0. The Balaban J connectivity index is 1.99. The number of unbranched alkanes of at least 4 members (excludes halogenated alkanes) is 3. The van der Waals surface area contributed by atoms with Crippen molar-refractivity contribution >= 4 is 11.8 Å². The largest absolute Gasteiger partial charge is 0.327 e. The maximum atomic E-state index is 6.15. The van der Waals surface area contributed by atoms with Crippen molar-refractivity contribution in [2.45, 2.75) is 51.5 Å². The second-order valence-electron chi connectivity index (χ2n) is 4.14. The molecule has 0 saturated carbocycles. The molecule has 1 saturated heterocycles. The Hall–Kier alpha value is 0.310. The zero-order chi connectivity index (χ0) is 9.52. The van der Waals surface area contributed by atoms with Gasteiger partial charge in [-0.2, -0.15) is 11.8 Å². The van der Waals surface area contributed by atoms with Crippen molar-refractivity contribution in [2.24, 2.45) is 11.7 Å². The topological polar surface area (TPSA) is 26.0 Å². The van der Waals surface area contributed by atoms with Crippen LogP contribution >= 0.6 is 11.8 Å². The van der Waals surface area contributed by atoms with Gasteiger partial charge in [0, 0.05) is 6.04 Å². The van der Waals surface area contributed by atoms with Crippen LogP contribution in [-0.2, 0) is 0 Å². The number of rotatable bonds is 6. The second-order valence-corrected chi connectivity index (χ2v) is 5.29. The number of hydrogen-bond donors (Lipinski definition) is 1. The molecule has 2 heteroatoms. The van der Waals surface area contributed by atoms with Gasteiger partial charge >= 0.3 is 0 Å². The van der Waals surface area contributed by atoms with E-state index in [0.717, 1.165) is 5.92 Å². The van der Waals surface area contributed by atoms with E-state index < -0.39 is 0 Å². The summed E-state index contributed by atoms with van der Waals surface area (Å²) >= 11 is 2.07. The Morgan fingerprint density at radius 2 is 2.23 bits per heavy atom. The van der Waals surface area contributed by atoms with E-state index in [0.29, 0.717) is 6.04 Å². The molecule has 0 radical (unpaired) electrons. The SMILES string of the molecule is CCCCCCC(N)C1CCSC1. The van der Waals surface area contributed by atoms with Crippen LogP contribution in [0.1, 0.15) is 45.4 Å². The van der Waals surface area contributed by atoms with Crippen LogP contribution in [-0.4, -0.2) is 17.5 Å². The summed E-state index contributed by atoms with van der Waals surface area (Å²) in [7, 11) is 0. The van der Waals surface area contributed by atoms with E-state index >= 15 is 0 Å². The first-order chi connectivity index (χ1) is 6.34. The van der Waals surface area contributed by atoms with Gasteiger partial charge in [-0.1, -0.05) is 32.6 Å². The lowest BCUT2D eigenvalue weighted by molar-refractivity contribution is 0.422. The summed E-state index contributed by atoms with van der Waals surface area (Å²) in [5, 5.41) is 0. The molecule has 0 aromatic carbocycles. The van der Waals surface area contributed by atoms with Gasteiger partial charge in [0.2, 0.25) is 0 Å². The smallest absolute Gasteiger partial charge is 0.00753 e. The first kappa shape index (κ1) is 11.4. The van der Waals surface area contributed by atoms with Gasteiger partial charge in [-0.05, 0) is 30.3 Å². The number of nitrogens with two attached hydrogens (primary N) is 1. The van der Waals surface area contributed by atoms with Crippen LogP contribution in [0.5, 0.6) is 0 Å². The summed E-state index contributed by atoms with van der Waals surface area (Å²) in [6.45, 7) is 2.26. The summed E-state index contributed by atoms with van der Waals surface area (Å²) < 4.78 is 0. The summed E-state index contributed by atoms with van der Waals surface area (Å²) in [6, 6.07) is 0.492. The van der Waals surface area contributed by atoms with Crippen LogP contribution in [0, 0.1) is 5.92 Å². The molecule has 1 fully saturated rings. The Morgan fingerprint density at radius 1 is 1.38 bits per heavy atom. The molecule has 0 spiro atoms. The first-order valence-corrected chi connectivity index (χ1v) is 6.83. The zero-order valence-corrected chi connectivity index (χ0v) is 9.61. The fourth-order valence-corrected chi connectivity index (χ4v) is 3.29. The molecule has 2 unspecified atom stereocenters. The zero-order valence-electron chi connectivity index (χ0n) is 8.80. The van der Waals surface area contributed by atoms with Crippen molar-refractivity contribution in [1.29, 1.82) is 0 Å². The monoisotopic (exact) mass is 201 g/mol. The molecule has 0 aromatic rings. The highest BCUT2D eigenvalue weighted by Gasteiger charge is 2.21. The van der Waals surface area contributed by atoms with Crippen LogP contribution in [0.2, 0.25) is 0 Å². The highest BCUT2D eigenvalue weighted by molar-refractivity contribution is 7.99. The maximum Gasteiger partial charge on any atom is 0.00753 e. The molecule has 1 heterocycles. The van der Waals surface area contributed by atoms with Gasteiger partial charge in [-0.25, -0.2) is 0 Å². The van der Waals surface area contributed by atoms with Crippen molar-refractivity contribution in [2.75, 3.05) is 11.5 Å². The third-order valence-electron chi connectivity index (χ3n) is 2.96. The van der Waals surface area contributed by atoms with Crippen molar-refractivity contribution in [3.63, 3.8) is 0 Å². The summed E-state index contributed by atoms with van der Waals surface area (Å²) in [5.41, 5.74) is 6.15. The van der Waals surface area contributed by atoms with Crippen molar-refractivity contribution < 1.29 is 0 Å². The molecular weight excluding hydrogens is 178 g/mol. The Labute approximate surface area is 86.8 Å². The van der Waals surface area contributed by atoms with Crippen LogP contribution in [0.15, 0.2) is 0 Å². The lowest BCUT2D eigenvalue weighted by Gasteiger charge is -2.17. The lowest BCUT2D eigenvalue weighted by Crippen LogP contribution is -2.29. The van der Waals surface area contributed by atoms with Gasteiger partial charge in [0.15, 0.2) is 0 Å². The molecule has 2 atom stereocenters. The minimum atomic E-state index is 0.492. The highest BCUT2D eigenvalue weighted by Crippen LogP contribution is 2.27. The Morgan fingerprint density at radius 3 is 2.85 bits per heavy atom. The van der Waals surface area contributed by atoms with Gasteiger partial charge in [-0.15, -0.1) is 0 Å². The molecule has 0 amide bonds. The maximum absolute atomic E-state index is 6.15. The normalized spacial score (nSPS) is 24.9. The molecule has 2 N–H and O–H groups in total. The van der Waals surface area contributed by atoms with Crippen molar-refractivity contribution in [3.05, 3.63) is 0 Å². The van der Waals surface area contributed by atoms with Gasteiger partial charge in [0.25, 0.3) is 0 Å². The molecule has 0 aromatic heterocycles. The Kier molecular flexibility index (Phi) is 5.88. The predicted octanol–water partition coefficient (Wildman–Crippen LogP) is 3.04. The van der Waals surface area contributed by atoms with E-state index in [1.165, 1.54) is 50.0 Å². The minimum Gasteiger partial charge on any atom is -0.327 e. The van der Waals surface area contributed by atoms with E-state index in [9.17, 15) is 0 Å². The van der Waals surface area contributed by atoms with Gasteiger partial charge in [0.1, 0.15) is 0 Å². The third kappa shape index (κ3) is 4.37. The van der Waals surface area contributed by atoms with E-state index in [1.807, 2.05) is 0 Å². The predicted molar refractivity (Wildman–Crippen MR) is 62.2 cm³/mol. The second kappa shape index (κ2) is 6.72. The van der Waals surface area contributed by atoms with Crippen LogP contribution in [0.25, 0.3) is 0 Å². The minimum absolute atomic E-state index is 0.492. The molecule has 1 nitrogen and oxygen atoms in total. The number of hydrogen-bond acceptors (Lipinski definition) is 2. The third-order valence-corrected chi connectivity index (χ3v) is 4.15. The quantitative estimate of drug-likeness (QED) is 0.668. The first-order valence-electron chi connectivity index (χ1n) is 5.68. The molecule has 78 valence electrons. The molecule has 1 aliphatic rings. The standard InChI is InChI=1S/C11H23NS/c1-2-3-4-5-6-11(12)10-7-8-13-9-10/h10-11H,2-9,12H2,1H3. The average molecular weight is 201 g/mol. The molecule has 13 heavy (non-hydrogen) atoms.